The van der Waals surface area contributed by atoms with E-state index in [2.05, 4.69) is 4.74 Å². The third-order valence-corrected chi connectivity index (χ3v) is 2.17. The van der Waals surface area contributed by atoms with E-state index in [-0.39, 0.29) is 10.8 Å². The number of aliphatic hydroxyl groups excluding tert-OH is 1. The Morgan fingerprint density at radius 2 is 1.94 bits per heavy atom. The first-order valence-corrected chi connectivity index (χ1v) is 4.43. The van der Waals surface area contributed by atoms with Crippen molar-refractivity contribution < 1.29 is 27.4 Å². The van der Waals surface area contributed by atoms with Crippen LogP contribution in [0.3, 0.4) is 0 Å². The number of hydrogen-bond acceptors (Lipinski definition) is 2. The molecule has 0 aromatic heterocycles. The highest BCUT2D eigenvalue weighted by molar-refractivity contribution is 6.32. The molecule has 0 bridgehead atoms. The molecular weight excluding hydrogens is 252 g/mol. The van der Waals surface area contributed by atoms with E-state index in [1.165, 1.54) is 7.11 Å². The first kappa shape index (κ1) is 13.1. The number of alkyl halides is 3. The molecule has 90 valence electrons. The molecule has 0 aliphatic heterocycles. The standard InChI is InChI=1S/C9H7ClF4O2/c1-16-7-3-6(11)4(2-5(7)10)8(15)9(12,13)14/h2-3,8,15H,1H3. The predicted molar refractivity (Wildman–Crippen MR) is 49.0 cm³/mol. The third-order valence-electron chi connectivity index (χ3n) is 1.88. The van der Waals surface area contributed by atoms with E-state index in [0.717, 1.165) is 0 Å². The Morgan fingerprint density at radius 1 is 1.38 bits per heavy atom. The molecule has 0 fully saturated rings. The molecule has 2 nitrogen and oxygen atoms in total. The number of hydrogen-bond donors (Lipinski definition) is 1. The monoisotopic (exact) mass is 258 g/mol. The summed E-state index contributed by atoms with van der Waals surface area (Å²) in [7, 11) is 1.19. The van der Waals surface area contributed by atoms with Crippen LogP contribution in [0.25, 0.3) is 0 Å². The van der Waals surface area contributed by atoms with E-state index in [1.807, 2.05) is 0 Å². The molecule has 1 atom stereocenters. The first-order valence-electron chi connectivity index (χ1n) is 4.05. The molecule has 7 heteroatoms. The average Bonchev–Trinajstić information content (AvgIpc) is 2.18. The SMILES string of the molecule is COc1cc(F)c(C(O)C(F)(F)F)cc1Cl. The number of ether oxygens (including phenoxy) is 1. The normalized spacial score (nSPS) is 13.7. The van der Waals surface area contributed by atoms with Gasteiger partial charge < -0.3 is 9.84 Å². The fraction of sp³-hybridized carbons (Fsp3) is 0.333. The van der Waals surface area contributed by atoms with Gasteiger partial charge in [-0.2, -0.15) is 13.2 Å². The van der Waals surface area contributed by atoms with Gasteiger partial charge in [-0.25, -0.2) is 4.39 Å². The van der Waals surface area contributed by atoms with Gasteiger partial charge in [0.15, 0.2) is 6.10 Å². The van der Waals surface area contributed by atoms with Crippen LogP contribution >= 0.6 is 11.6 Å². The largest absolute Gasteiger partial charge is 0.495 e. The fourth-order valence-electron chi connectivity index (χ4n) is 1.09. The molecule has 0 saturated heterocycles. The summed E-state index contributed by atoms with van der Waals surface area (Å²) in [5.74, 6) is -1.33. The summed E-state index contributed by atoms with van der Waals surface area (Å²) < 4.78 is 54.2. The quantitative estimate of drug-likeness (QED) is 0.826. The summed E-state index contributed by atoms with van der Waals surface area (Å²) >= 11 is 5.53. The van der Waals surface area contributed by atoms with Crippen LogP contribution in [0.4, 0.5) is 17.6 Å². The van der Waals surface area contributed by atoms with Crippen molar-refractivity contribution in [1.82, 2.24) is 0 Å². The molecule has 0 saturated carbocycles. The second-order valence-corrected chi connectivity index (χ2v) is 3.36. The van der Waals surface area contributed by atoms with E-state index in [9.17, 15) is 17.6 Å². The molecule has 0 aliphatic carbocycles. The molecule has 0 radical (unpaired) electrons. The number of rotatable bonds is 2. The van der Waals surface area contributed by atoms with Crippen molar-refractivity contribution in [3.05, 3.63) is 28.5 Å². The lowest BCUT2D eigenvalue weighted by Crippen LogP contribution is -2.21. The van der Waals surface area contributed by atoms with Crippen LogP contribution in [0.1, 0.15) is 11.7 Å². The van der Waals surface area contributed by atoms with Gasteiger partial charge in [0, 0.05) is 11.6 Å². The molecule has 0 aliphatic rings. The zero-order valence-corrected chi connectivity index (χ0v) is 8.73. The Morgan fingerprint density at radius 3 is 2.38 bits per heavy atom. The highest BCUT2D eigenvalue weighted by atomic mass is 35.5. The lowest BCUT2D eigenvalue weighted by atomic mass is 10.1. The Kier molecular flexibility index (Phi) is 3.64. The summed E-state index contributed by atoms with van der Waals surface area (Å²) in [6, 6.07) is 1.38. The van der Waals surface area contributed by atoms with E-state index in [1.54, 1.807) is 0 Å². The van der Waals surface area contributed by atoms with Crippen LogP contribution in [0.5, 0.6) is 5.75 Å². The summed E-state index contributed by atoms with van der Waals surface area (Å²) in [5, 5.41) is 8.66. The molecule has 1 aromatic carbocycles. The minimum atomic E-state index is -4.95. The Balaban J connectivity index is 3.21. The third kappa shape index (κ3) is 2.56. The second kappa shape index (κ2) is 4.47. The van der Waals surface area contributed by atoms with Gasteiger partial charge in [0.2, 0.25) is 0 Å². The van der Waals surface area contributed by atoms with Gasteiger partial charge in [0.05, 0.1) is 12.1 Å². The lowest BCUT2D eigenvalue weighted by molar-refractivity contribution is -0.207. The molecule has 0 amide bonds. The van der Waals surface area contributed by atoms with E-state index < -0.39 is 23.7 Å². The Bertz CT molecular complexity index is 392. The minimum absolute atomic E-state index is 0.0997. The predicted octanol–water partition coefficient (Wildman–Crippen LogP) is 3.08. The molecule has 0 heterocycles. The van der Waals surface area contributed by atoms with E-state index >= 15 is 0 Å². The molecule has 1 rings (SSSR count). The first-order chi connectivity index (χ1) is 7.27. The van der Waals surface area contributed by atoms with E-state index in [4.69, 9.17) is 16.7 Å². The summed E-state index contributed by atoms with van der Waals surface area (Å²) in [5.41, 5.74) is -0.932. The van der Waals surface area contributed by atoms with Gasteiger partial charge in [0.25, 0.3) is 0 Å². The van der Waals surface area contributed by atoms with Crippen LogP contribution in [-0.4, -0.2) is 18.4 Å². The van der Waals surface area contributed by atoms with Crippen molar-refractivity contribution in [3.8, 4) is 5.75 Å². The smallest absolute Gasteiger partial charge is 0.418 e. The zero-order chi connectivity index (χ0) is 12.5. The maximum absolute atomic E-state index is 13.2. The van der Waals surface area contributed by atoms with Crippen LogP contribution in [0.2, 0.25) is 5.02 Å². The Labute approximate surface area is 93.4 Å². The van der Waals surface area contributed by atoms with Crippen LogP contribution in [-0.2, 0) is 0 Å². The van der Waals surface area contributed by atoms with Crippen LogP contribution < -0.4 is 4.74 Å². The van der Waals surface area contributed by atoms with Crippen molar-refractivity contribution in [1.29, 1.82) is 0 Å². The summed E-state index contributed by atoms with van der Waals surface area (Å²) in [6.45, 7) is 0. The molecule has 1 aromatic rings. The van der Waals surface area contributed by atoms with E-state index in [0.29, 0.717) is 12.1 Å². The van der Waals surface area contributed by atoms with Crippen molar-refractivity contribution in [2.45, 2.75) is 12.3 Å². The van der Waals surface area contributed by atoms with Crippen molar-refractivity contribution >= 4 is 11.6 Å². The van der Waals surface area contributed by atoms with Crippen molar-refractivity contribution in [2.75, 3.05) is 7.11 Å². The van der Waals surface area contributed by atoms with Gasteiger partial charge in [-0.1, -0.05) is 11.6 Å². The summed E-state index contributed by atoms with van der Waals surface area (Å²) in [4.78, 5) is 0. The lowest BCUT2D eigenvalue weighted by Gasteiger charge is -2.16. The van der Waals surface area contributed by atoms with Gasteiger partial charge in [0.1, 0.15) is 11.6 Å². The zero-order valence-electron chi connectivity index (χ0n) is 7.98. The van der Waals surface area contributed by atoms with Crippen LogP contribution in [0.15, 0.2) is 12.1 Å². The molecule has 1 unspecified atom stereocenters. The molecular formula is C9H7ClF4O2. The molecule has 1 N–H and O–H groups in total. The fourth-order valence-corrected chi connectivity index (χ4v) is 1.34. The van der Waals surface area contributed by atoms with Gasteiger partial charge >= 0.3 is 6.18 Å². The summed E-state index contributed by atoms with van der Waals surface area (Å²) in [6.07, 6.45) is -7.85. The number of benzene rings is 1. The minimum Gasteiger partial charge on any atom is -0.495 e. The number of aliphatic hydroxyl groups is 1. The maximum atomic E-state index is 13.2. The highest BCUT2D eigenvalue weighted by Gasteiger charge is 2.41. The average molecular weight is 259 g/mol. The Hall–Kier alpha value is -1.01. The second-order valence-electron chi connectivity index (χ2n) is 2.95. The van der Waals surface area contributed by atoms with Crippen molar-refractivity contribution in [2.24, 2.45) is 0 Å². The maximum Gasteiger partial charge on any atom is 0.418 e. The number of halogens is 5. The number of methoxy groups -OCH3 is 1. The van der Waals surface area contributed by atoms with Gasteiger partial charge in [-0.05, 0) is 6.07 Å². The van der Waals surface area contributed by atoms with Crippen LogP contribution in [0, 0.1) is 5.82 Å². The topological polar surface area (TPSA) is 29.5 Å². The van der Waals surface area contributed by atoms with Gasteiger partial charge in [-0.15, -0.1) is 0 Å². The molecule has 0 spiro atoms. The molecule has 16 heavy (non-hydrogen) atoms. The van der Waals surface area contributed by atoms with Gasteiger partial charge in [-0.3, -0.25) is 0 Å². The highest BCUT2D eigenvalue weighted by Crippen LogP contribution is 2.37. The van der Waals surface area contributed by atoms with Crippen molar-refractivity contribution in [3.63, 3.8) is 0 Å².